The summed E-state index contributed by atoms with van der Waals surface area (Å²) in [7, 11) is 3.55. The van der Waals surface area contributed by atoms with Gasteiger partial charge in [0.2, 0.25) is 5.88 Å². The van der Waals surface area contributed by atoms with E-state index >= 15 is 0 Å². The molecule has 3 N–H and O–H groups in total. The van der Waals surface area contributed by atoms with E-state index in [1.807, 2.05) is 14.0 Å². The van der Waals surface area contributed by atoms with Crippen LogP contribution in [0.25, 0.3) is 0 Å². The van der Waals surface area contributed by atoms with Gasteiger partial charge in [0.05, 0.1) is 11.8 Å². The molecule has 2 rings (SSSR count). The standard InChI is InChI=1S/C13H22N4O2/c1-8-11(12(14)15)13(17(2)16-8)19-10-6-4-5-9(7-10)18-3/h9-10H,4-7H2,1-3H3,(H3,14,15). The first-order chi connectivity index (χ1) is 9.02. The van der Waals surface area contributed by atoms with Gasteiger partial charge in [-0.3, -0.25) is 5.41 Å². The van der Waals surface area contributed by atoms with Crippen molar-refractivity contribution >= 4 is 5.84 Å². The van der Waals surface area contributed by atoms with Gasteiger partial charge in [-0.2, -0.15) is 5.10 Å². The number of nitrogens with one attached hydrogen (secondary N) is 1. The molecule has 106 valence electrons. The molecule has 2 unspecified atom stereocenters. The fourth-order valence-corrected chi connectivity index (χ4v) is 2.66. The first-order valence-electron chi connectivity index (χ1n) is 6.60. The molecule has 1 aliphatic rings. The van der Waals surface area contributed by atoms with E-state index < -0.39 is 0 Å². The number of hydrogen-bond donors (Lipinski definition) is 2. The zero-order valence-electron chi connectivity index (χ0n) is 11.8. The van der Waals surface area contributed by atoms with E-state index in [0.29, 0.717) is 11.4 Å². The van der Waals surface area contributed by atoms with Gasteiger partial charge in [-0.15, -0.1) is 0 Å². The van der Waals surface area contributed by atoms with Crippen molar-refractivity contribution in [2.75, 3.05) is 7.11 Å². The molecule has 1 aliphatic carbocycles. The van der Waals surface area contributed by atoms with Crippen molar-refractivity contribution in [1.29, 1.82) is 5.41 Å². The fourth-order valence-electron chi connectivity index (χ4n) is 2.66. The Balaban J connectivity index is 2.16. The second kappa shape index (κ2) is 5.61. The molecule has 6 heteroatoms. The van der Waals surface area contributed by atoms with Crippen LogP contribution in [0.4, 0.5) is 0 Å². The van der Waals surface area contributed by atoms with Crippen LogP contribution in [0.5, 0.6) is 5.88 Å². The summed E-state index contributed by atoms with van der Waals surface area (Å²) in [4.78, 5) is 0. The first-order valence-corrected chi connectivity index (χ1v) is 6.60. The van der Waals surface area contributed by atoms with Crippen molar-refractivity contribution in [2.24, 2.45) is 12.8 Å². The maximum absolute atomic E-state index is 7.64. The van der Waals surface area contributed by atoms with Crippen molar-refractivity contribution in [3.8, 4) is 5.88 Å². The SMILES string of the molecule is COC1CCCC(Oc2c(C(=N)N)c(C)nn2C)C1. The highest BCUT2D eigenvalue weighted by atomic mass is 16.5. The minimum absolute atomic E-state index is 0.000277. The molecule has 1 aromatic rings. The topological polar surface area (TPSA) is 86.2 Å². The Morgan fingerprint density at radius 2 is 2.11 bits per heavy atom. The Hall–Kier alpha value is -1.56. The fraction of sp³-hybridized carbons (Fsp3) is 0.692. The lowest BCUT2D eigenvalue weighted by Gasteiger charge is -2.28. The predicted octanol–water partition coefficient (Wildman–Crippen LogP) is 1.35. The Labute approximate surface area is 113 Å². The molecule has 1 saturated carbocycles. The molecule has 1 aromatic heterocycles. The van der Waals surface area contributed by atoms with Crippen LogP contribution in [-0.2, 0) is 11.8 Å². The van der Waals surface area contributed by atoms with Crippen molar-refractivity contribution in [2.45, 2.75) is 44.8 Å². The van der Waals surface area contributed by atoms with E-state index in [1.165, 1.54) is 0 Å². The van der Waals surface area contributed by atoms with Crippen LogP contribution in [0.3, 0.4) is 0 Å². The lowest BCUT2D eigenvalue weighted by atomic mass is 9.95. The molecule has 0 amide bonds. The van der Waals surface area contributed by atoms with Gasteiger partial charge < -0.3 is 15.2 Å². The normalized spacial score (nSPS) is 23.3. The molecule has 6 nitrogen and oxygen atoms in total. The summed E-state index contributed by atoms with van der Waals surface area (Å²) in [5, 5.41) is 11.9. The van der Waals surface area contributed by atoms with Gasteiger partial charge in [-0.25, -0.2) is 4.68 Å². The minimum Gasteiger partial charge on any atom is -0.474 e. The van der Waals surface area contributed by atoms with Gasteiger partial charge in [0.1, 0.15) is 17.5 Å². The van der Waals surface area contributed by atoms with Crippen LogP contribution in [0.1, 0.15) is 36.9 Å². The minimum atomic E-state index is -0.000277. The lowest BCUT2D eigenvalue weighted by Crippen LogP contribution is -2.30. The third-order valence-electron chi connectivity index (χ3n) is 3.63. The number of rotatable bonds is 4. The largest absolute Gasteiger partial charge is 0.474 e. The van der Waals surface area contributed by atoms with Gasteiger partial charge in [0.25, 0.3) is 0 Å². The lowest BCUT2D eigenvalue weighted by molar-refractivity contribution is 0.0181. The summed E-state index contributed by atoms with van der Waals surface area (Å²) in [6.07, 6.45) is 4.41. The molecule has 1 heterocycles. The maximum Gasteiger partial charge on any atom is 0.223 e. The number of amidine groups is 1. The zero-order chi connectivity index (χ0) is 14.0. The van der Waals surface area contributed by atoms with Crippen molar-refractivity contribution in [1.82, 2.24) is 9.78 Å². The van der Waals surface area contributed by atoms with Crippen LogP contribution in [-0.4, -0.2) is 34.9 Å². The molecular formula is C13H22N4O2. The molecule has 1 fully saturated rings. The van der Waals surface area contributed by atoms with Gasteiger partial charge in [0, 0.05) is 20.6 Å². The quantitative estimate of drug-likeness (QED) is 0.636. The highest BCUT2D eigenvalue weighted by Gasteiger charge is 2.26. The Morgan fingerprint density at radius 1 is 1.42 bits per heavy atom. The smallest absolute Gasteiger partial charge is 0.223 e. The van der Waals surface area contributed by atoms with E-state index in [9.17, 15) is 0 Å². The van der Waals surface area contributed by atoms with Crippen LogP contribution >= 0.6 is 0 Å². The third-order valence-corrected chi connectivity index (χ3v) is 3.63. The average Bonchev–Trinajstić information content (AvgIpc) is 2.64. The second-order valence-electron chi connectivity index (χ2n) is 5.07. The van der Waals surface area contributed by atoms with Crippen LogP contribution in [0.15, 0.2) is 0 Å². The summed E-state index contributed by atoms with van der Waals surface area (Å²) >= 11 is 0. The van der Waals surface area contributed by atoms with Crippen LogP contribution in [0.2, 0.25) is 0 Å². The van der Waals surface area contributed by atoms with Crippen LogP contribution < -0.4 is 10.5 Å². The van der Waals surface area contributed by atoms with E-state index in [1.54, 1.807) is 11.8 Å². The average molecular weight is 266 g/mol. The molecule has 19 heavy (non-hydrogen) atoms. The highest BCUT2D eigenvalue weighted by molar-refractivity contribution is 5.98. The number of nitrogens with two attached hydrogens (primary N) is 1. The van der Waals surface area contributed by atoms with Gasteiger partial charge in [-0.1, -0.05) is 0 Å². The molecule has 0 bridgehead atoms. The maximum atomic E-state index is 7.64. The zero-order valence-corrected chi connectivity index (χ0v) is 11.8. The number of ether oxygens (including phenoxy) is 2. The summed E-state index contributed by atoms with van der Waals surface area (Å²) in [6.45, 7) is 1.84. The molecule has 0 spiro atoms. The highest BCUT2D eigenvalue weighted by Crippen LogP contribution is 2.28. The van der Waals surface area contributed by atoms with Crippen LogP contribution in [0, 0.1) is 12.3 Å². The predicted molar refractivity (Wildman–Crippen MR) is 72.6 cm³/mol. The van der Waals surface area contributed by atoms with Crippen molar-refractivity contribution in [3.05, 3.63) is 11.3 Å². The summed E-state index contributed by atoms with van der Waals surface area (Å²) in [5.74, 6) is 0.589. The molecule has 0 radical (unpaired) electrons. The molecular weight excluding hydrogens is 244 g/mol. The summed E-state index contributed by atoms with van der Waals surface area (Å²) in [5.41, 5.74) is 6.94. The van der Waals surface area contributed by atoms with Crippen molar-refractivity contribution in [3.63, 3.8) is 0 Å². The second-order valence-corrected chi connectivity index (χ2v) is 5.07. The number of nitrogen functional groups attached to an aromatic ring is 1. The van der Waals surface area contributed by atoms with Gasteiger partial charge in [0.15, 0.2) is 0 Å². The summed E-state index contributed by atoms with van der Waals surface area (Å²) in [6, 6.07) is 0. The molecule has 0 saturated heterocycles. The molecule has 0 aliphatic heterocycles. The number of methoxy groups -OCH3 is 1. The Kier molecular flexibility index (Phi) is 4.09. The van der Waals surface area contributed by atoms with Crippen molar-refractivity contribution < 1.29 is 9.47 Å². The Bertz CT molecular complexity index is 469. The first kappa shape index (κ1) is 13.9. The Morgan fingerprint density at radius 3 is 2.74 bits per heavy atom. The number of nitrogens with zero attached hydrogens (tertiary/aromatic N) is 2. The number of aryl methyl sites for hydroxylation is 2. The number of hydrogen-bond acceptors (Lipinski definition) is 4. The number of aromatic nitrogens is 2. The van der Waals surface area contributed by atoms with E-state index in [-0.39, 0.29) is 18.0 Å². The monoisotopic (exact) mass is 266 g/mol. The van der Waals surface area contributed by atoms with Gasteiger partial charge in [-0.05, 0) is 26.2 Å². The molecule has 2 atom stereocenters. The van der Waals surface area contributed by atoms with E-state index in [0.717, 1.165) is 31.4 Å². The molecule has 0 aromatic carbocycles. The van der Waals surface area contributed by atoms with Gasteiger partial charge >= 0.3 is 0 Å². The third kappa shape index (κ3) is 2.89. The summed E-state index contributed by atoms with van der Waals surface area (Å²) < 4.78 is 13.1. The van der Waals surface area contributed by atoms with E-state index in [2.05, 4.69) is 5.10 Å². The van der Waals surface area contributed by atoms with E-state index in [4.69, 9.17) is 20.6 Å².